The van der Waals surface area contributed by atoms with Gasteiger partial charge in [-0.3, -0.25) is 24.4 Å². The Labute approximate surface area is 200 Å². The molecule has 0 radical (unpaired) electrons. The molecule has 0 bridgehead atoms. The Morgan fingerprint density at radius 1 is 0.971 bits per heavy atom. The molecular formula is C25H35N3O6. The van der Waals surface area contributed by atoms with E-state index >= 15 is 0 Å². The van der Waals surface area contributed by atoms with E-state index in [-0.39, 0.29) is 6.42 Å². The van der Waals surface area contributed by atoms with Gasteiger partial charge in [0.15, 0.2) is 6.10 Å². The Morgan fingerprint density at radius 2 is 1.62 bits per heavy atom. The van der Waals surface area contributed by atoms with Gasteiger partial charge in [-0.1, -0.05) is 63.2 Å². The molecular weight excluding hydrogens is 438 g/mol. The summed E-state index contributed by atoms with van der Waals surface area (Å²) in [7, 11) is 1.31. The van der Waals surface area contributed by atoms with Crippen LogP contribution in [-0.4, -0.2) is 48.3 Å². The fraction of sp³-hybridized carbons (Fsp3) is 0.480. The zero-order chi connectivity index (χ0) is 25.5. The number of nitrogens with one attached hydrogen (secondary N) is 3. The summed E-state index contributed by atoms with van der Waals surface area (Å²) in [6.07, 6.45) is -1.54. The van der Waals surface area contributed by atoms with Crippen LogP contribution in [0.3, 0.4) is 0 Å². The number of ether oxygens (including phenoxy) is 1. The first-order chi connectivity index (χ1) is 16.0. The molecule has 186 valence electrons. The summed E-state index contributed by atoms with van der Waals surface area (Å²) in [5, 5.41) is 14.1. The highest BCUT2D eigenvalue weighted by Crippen LogP contribution is 2.24. The number of hydrogen-bond donors (Lipinski definition) is 4. The average Bonchev–Trinajstić information content (AvgIpc) is 2.78. The minimum Gasteiger partial charge on any atom is -0.365 e. The molecule has 0 aliphatic heterocycles. The van der Waals surface area contributed by atoms with E-state index in [0.717, 1.165) is 16.3 Å². The van der Waals surface area contributed by atoms with Gasteiger partial charge in [0.1, 0.15) is 6.04 Å². The maximum Gasteiger partial charge on any atom is 0.273 e. The second kappa shape index (κ2) is 11.9. The minimum atomic E-state index is -1.29. The van der Waals surface area contributed by atoms with E-state index in [9.17, 15) is 19.6 Å². The lowest BCUT2D eigenvalue weighted by atomic mass is 9.84. The quantitative estimate of drug-likeness (QED) is 0.310. The van der Waals surface area contributed by atoms with Crippen LogP contribution in [0, 0.1) is 11.3 Å². The molecule has 2 rings (SSSR count). The van der Waals surface area contributed by atoms with Crippen molar-refractivity contribution in [2.24, 2.45) is 11.3 Å². The highest BCUT2D eigenvalue weighted by Gasteiger charge is 2.40. The number of carbonyl (C=O) groups is 3. The number of carbonyl (C=O) groups excluding carboxylic acids is 3. The molecule has 9 heteroatoms. The van der Waals surface area contributed by atoms with Gasteiger partial charge < -0.3 is 10.1 Å². The van der Waals surface area contributed by atoms with Gasteiger partial charge in [-0.2, -0.15) is 0 Å². The van der Waals surface area contributed by atoms with E-state index in [1.54, 1.807) is 40.1 Å². The van der Waals surface area contributed by atoms with Gasteiger partial charge >= 0.3 is 0 Å². The molecule has 4 N–H and O–H groups in total. The molecule has 0 aliphatic carbocycles. The van der Waals surface area contributed by atoms with Crippen molar-refractivity contribution in [3.63, 3.8) is 0 Å². The summed E-state index contributed by atoms with van der Waals surface area (Å²) in [6, 6.07) is 12.6. The van der Waals surface area contributed by atoms with Gasteiger partial charge in [-0.25, -0.2) is 11.0 Å². The lowest BCUT2D eigenvalue weighted by Crippen LogP contribution is -2.57. The largest absolute Gasteiger partial charge is 0.365 e. The number of rotatable bonds is 10. The lowest BCUT2D eigenvalue weighted by molar-refractivity contribution is -0.155. The Kier molecular flexibility index (Phi) is 9.55. The molecule has 9 nitrogen and oxygen atoms in total. The monoisotopic (exact) mass is 473 g/mol. The fourth-order valence-electron chi connectivity index (χ4n) is 3.74. The predicted molar refractivity (Wildman–Crippen MR) is 128 cm³/mol. The molecule has 0 fully saturated rings. The summed E-state index contributed by atoms with van der Waals surface area (Å²) in [5.74, 6) is -2.96. The first-order valence-electron chi connectivity index (χ1n) is 11.2. The van der Waals surface area contributed by atoms with Crippen LogP contribution in [0.4, 0.5) is 0 Å². The van der Waals surface area contributed by atoms with E-state index in [2.05, 4.69) is 10.8 Å². The molecule has 0 unspecified atom stereocenters. The van der Waals surface area contributed by atoms with Crippen molar-refractivity contribution in [1.29, 1.82) is 0 Å². The lowest BCUT2D eigenvalue weighted by Gasteiger charge is -2.33. The van der Waals surface area contributed by atoms with Crippen molar-refractivity contribution >= 4 is 28.5 Å². The van der Waals surface area contributed by atoms with Gasteiger partial charge in [-0.15, -0.1) is 0 Å². The van der Waals surface area contributed by atoms with Crippen molar-refractivity contribution in [2.75, 3.05) is 7.11 Å². The maximum absolute atomic E-state index is 13.5. The van der Waals surface area contributed by atoms with Gasteiger partial charge in [-0.05, 0) is 42.0 Å². The second-order valence-corrected chi connectivity index (χ2v) is 9.55. The topological polar surface area (TPSA) is 126 Å². The van der Waals surface area contributed by atoms with Crippen LogP contribution >= 0.6 is 0 Å². The van der Waals surface area contributed by atoms with Crippen LogP contribution in [0.25, 0.3) is 10.8 Å². The zero-order valence-electron chi connectivity index (χ0n) is 20.5. The van der Waals surface area contributed by atoms with Crippen molar-refractivity contribution in [1.82, 2.24) is 16.3 Å². The maximum atomic E-state index is 13.5. The summed E-state index contributed by atoms with van der Waals surface area (Å²) in [6.45, 7) is 8.86. The normalized spacial score (nSPS) is 14.4. The Balaban J connectivity index is 2.45. The van der Waals surface area contributed by atoms with Crippen LogP contribution in [0.5, 0.6) is 0 Å². The van der Waals surface area contributed by atoms with Crippen molar-refractivity contribution in [3.8, 4) is 0 Å². The number of hydrogen-bond acceptors (Lipinski definition) is 6. The van der Waals surface area contributed by atoms with Crippen molar-refractivity contribution < 1.29 is 29.2 Å². The molecule has 3 atom stereocenters. The second-order valence-electron chi connectivity index (χ2n) is 9.55. The molecule has 0 aromatic heterocycles. The first kappa shape index (κ1) is 27.2. The minimum absolute atomic E-state index is 0.143. The third-order valence-corrected chi connectivity index (χ3v) is 5.38. The van der Waals surface area contributed by atoms with Crippen LogP contribution < -0.4 is 16.3 Å². The standard InChI is InChI=1S/C25H35N3O6/c1-15(2)34-20(23(30)27-32)19(14-16-11-12-17-9-7-8-10-18(17)13-16)22(29)26-21(25(3,4)5)24(31)28-33-6/h7-13,15,19-21,32H,14H2,1-6H3,(H,26,29)(H,27,30)(H,28,31)/t19-,20+,21-/m1/s1. The van der Waals surface area contributed by atoms with Crippen molar-refractivity contribution in [2.45, 2.75) is 59.3 Å². The van der Waals surface area contributed by atoms with Crippen LogP contribution in [0.1, 0.15) is 40.2 Å². The van der Waals surface area contributed by atoms with Crippen LogP contribution in [-0.2, 0) is 30.4 Å². The predicted octanol–water partition coefficient (Wildman–Crippen LogP) is 2.51. The summed E-state index contributed by atoms with van der Waals surface area (Å²) >= 11 is 0. The smallest absolute Gasteiger partial charge is 0.273 e. The van der Waals surface area contributed by atoms with Gasteiger partial charge in [0, 0.05) is 0 Å². The van der Waals surface area contributed by atoms with E-state index < -0.39 is 47.3 Å². The van der Waals surface area contributed by atoms with Gasteiger partial charge in [0.25, 0.3) is 11.8 Å². The summed E-state index contributed by atoms with van der Waals surface area (Å²) in [5.41, 5.74) is 4.01. The molecule has 3 amide bonds. The number of amides is 3. The molecule has 2 aromatic rings. The van der Waals surface area contributed by atoms with Crippen LogP contribution in [0.15, 0.2) is 42.5 Å². The zero-order valence-corrected chi connectivity index (χ0v) is 20.5. The van der Waals surface area contributed by atoms with E-state index in [0.29, 0.717) is 0 Å². The molecule has 0 spiro atoms. The van der Waals surface area contributed by atoms with Gasteiger partial charge in [0.05, 0.1) is 19.1 Å². The Morgan fingerprint density at radius 3 is 2.18 bits per heavy atom. The summed E-state index contributed by atoms with van der Waals surface area (Å²) in [4.78, 5) is 43.4. The van der Waals surface area contributed by atoms with Crippen molar-refractivity contribution in [3.05, 3.63) is 48.0 Å². The number of fused-ring (bicyclic) bond motifs is 1. The highest BCUT2D eigenvalue weighted by atomic mass is 16.6. The third-order valence-electron chi connectivity index (χ3n) is 5.38. The first-order valence-corrected chi connectivity index (χ1v) is 11.2. The summed E-state index contributed by atoms with van der Waals surface area (Å²) < 4.78 is 5.76. The number of hydroxylamine groups is 2. The Hall–Kier alpha value is -3.01. The van der Waals surface area contributed by atoms with Crippen LogP contribution in [0.2, 0.25) is 0 Å². The molecule has 0 saturated carbocycles. The number of benzene rings is 2. The third kappa shape index (κ3) is 7.24. The van der Waals surface area contributed by atoms with E-state index in [1.807, 2.05) is 42.5 Å². The Bertz CT molecular complexity index is 1000. The van der Waals surface area contributed by atoms with Gasteiger partial charge in [0.2, 0.25) is 5.91 Å². The van der Waals surface area contributed by atoms with E-state index in [4.69, 9.17) is 9.57 Å². The molecule has 2 aromatic carbocycles. The fourth-order valence-corrected chi connectivity index (χ4v) is 3.74. The SMILES string of the molecule is CONC(=O)[C@@H](NC(=O)[C@H](Cc1ccc2ccccc2c1)[C@H](OC(C)C)C(=O)NO)C(C)(C)C. The molecule has 34 heavy (non-hydrogen) atoms. The van der Waals surface area contributed by atoms with E-state index in [1.165, 1.54) is 7.11 Å². The molecule has 0 heterocycles. The molecule has 0 saturated heterocycles. The highest BCUT2D eigenvalue weighted by molar-refractivity contribution is 5.93. The average molecular weight is 474 g/mol. The molecule has 0 aliphatic rings.